The second-order valence-electron chi connectivity index (χ2n) is 3.82. The molecule has 1 aromatic carbocycles. The third kappa shape index (κ3) is 3.18. The van der Waals surface area contributed by atoms with E-state index in [0.717, 1.165) is 6.20 Å². The zero-order valence-corrected chi connectivity index (χ0v) is 11.5. The van der Waals surface area contributed by atoms with E-state index in [0.29, 0.717) is 0 Å². The molecular formula is C13H8BrFN2O3. The molecule has 0 spiro atoms. The molecule has 0 aliphatic heterocycles. The van der Waals surface area contributed by atoms with Crippen molar-refractivity contribution in [3.05, 3.63) is 57.9 Å². The second-order valence-corrected chi connectivity index (χ2v) is 4.67. The fraction of sp³-hybridized carbons (Fsp3) is 0. The Balaban J connectivity index is 2.14. The third-order valence-electron chi connectivity index (χ3n) is 2.43. The summed E-state index contributed by atoms with van der Waals surface area (Å²) in [7, 11) is 0. The zero-order valence-electron chi connectivity index (χ0n) is 9.93. The van der Waals surface area contributed by atoms with Crippen LogP contribution >= 0.6 is 15.9 Å². The van der Waals surface area contributed by atoms with E-state index >= 15 is 0 Å². The van der Waals surface area contributed by atoms with Crippen LogP contribution in [0.2, 0.25) is 0 Å². The molecule has 20 heavy (non-hydrogen) atoms. The van der Waals surface area contributed by atoms with Crippen molar-refractivity contribution >= 4 is 33.6 Å². The minimum Gasteiger partial charge on any atom is -0.478 e. The molecule has 0 unspecified atom stereocenters. The first kappa shape index (κ1) is 14.1. The van der Waals surface area contributed by atoms with Gasteiger partial charge in [-0.1, -0.05) is 0 Å². The maximum Gasteiger partial charge on any atom is 0.337 e. The van der Waals surface area contributed by atoms with E-state index in [2.05, 4.69) is 26.2 Å². The number of halogens is 2. The van der Waals surface area contributed by atoms with Gasteiger partial charge in [-0.15, -0.1) is 0 Å². The third-order valence-corrected chi connectivity index (χ3v) is 3.04. The molecule has 5 nitrogen and oxygen atoms in total. The normalized spacial score (nSPS) is 10.1. The molecule has 2 rings (SSSR count). The molecule has 7 heteroatoms. The van der Waals surface area contributed by atoms with Crippen molar-refractivity contribution in [2.75, 3.05) is 5.32 Å². The van der Waals surface area contributed by atoms with Crippen LogP contribution in [0.25, 0.3) is 0 Å². The molecule has 102 valence electrons. The van der Waals surface area contributed by atoms with E-state index in [1.165, 1.54) is 30.3 Å². The summed E-state index contributed by atoms with van der Waals surface area (Å²) in [6.45, 7) is 0. The van der Waals surface area contributed by atoms with Gasteiger partial charge in [0.25, 0.3) is 5.91 Å². The summed E-state index contributed by atoms with van der Waals surface area (Å²) in [6.07, 6.45) is 1.14. The van der Waals surface area contributed by atoms with Crippen LogP contribution in [0.1, 0.15) is 20.7 Å². The van der Waals surface area contributed by atoms with Gasteiger partial charge in [0, 0.05) is 11.8 Å². The molecule has 0 aliphatic carbocycles. The molecule has 2 N–H and O–H groups in total. The molecule has 1 aromatic heterocycles. The van der Waals surface area contributed by atoms with Gasteiger partial charge in [-0.2, -0.15) is 0 Å². The van der Waals surface area contributed by atoms with Crippen molar-refractivity contribution < 1.29 is 19.1 Å². The van der Waals surface area contributed by atoms with Gasteiger partial charge in [-0.05, 0) is 46.3 Å². The van der Waals surface area contributed by atoms with Crippen LogP contribution in [0.15, 0.2) is 41.0 Å². The number of carbonyl (C=O) groups is 2. The molecule has 0 radical (unpaired) electrons. The molecule has 1 amide bonds. The molecule has 0 saturated heterocycles. The van der Waals surface area contributed by atoms with Gasteiger partial charge in [0.2, 0.25) is 0 Å². The van der Waals surface area contributed by atoms with Crippen LogP contribution in [0.3, 0.4) is 0 Å². The Kier molecular flexibility index (Phi) is 4.09. The number of carboxylic acids is 1. The predicted molar refractivity (Wildman–Crippen MR) is 73.2 cm³/mol. The summed E-state index contributed by atoms with van der Waals surface area (Å²) in [6, 6.07) is 6.54. The highest BCUT2D eigenvalue weighted by Crippen LogP contribution is 2.17. The highest BCUT2D eigenvalue weighted by Gasteiger charge is 2.10. The van der Waals surface area contributed by atoms with Crippen LogP contribution in [0.4, 0.5) is 10.2 Å². The average molecular weight is 339 g/mol. The number of amides is 1. The number of carbonyl (C=O) groups excluding carboxylic acids is 1. The Labute approximate surface area is 121 Å². The Morgan fingerprint density at radius 1 is 1.20 bits per heavy atom. The second kappa shape index (κ2) is 5.79. The summed E-state index contributed by atoms with van der Waals surface area (Å²) in [4.78, 5) is 26.3. The molecule has 0 saturated carbocycles. The number of hydrogen-bond acceptors (Lipinski definition) is 3. The van der Waals surface area contributed by atoms with Crippen molar-refractivity contribution in [1.29, 1.82) is 0 Å². The van der Waals surface area contributed by atoms with Gasteiger partial charge in [-0.3, -0.25) is 4.79 Å². The molecule has 0 aliphatic rings. The van der Waals surface area contributed by atoms with Crippen LogP contribution in [0, 0.1) is 5.82 Å². The van der Waals surface area contributed by atoms with E-state index in [4.69, 9.17) is 5.11 Å². The summed E-state index contributed by atoms with van der Waals surface area (Å²) in [5.41, 5.74) is 0.273. The van der Waals surface area contributed by atoms with E-state index < -0.39 is 17.7 Å². The van der Waals surface area contributed by atoms with E-state index in [1.807, 2.05) is 0 Å². The van der Waals surface area contributed by atoms with Crippen molar-refractivity contribution in [3.8, 4) is 0 Å². The lowest BCUT2D eigenvalue weighted by atomic mass is 10.2. The number of aromatic nitrogens is 1. The molecule has 1 heterocycles. The van der Waals surface area contributed by atoms with Crippen LogP contribution in [-0.4, -0.2) is 22.0 Å². The summed E-state index contributed by atoms with van der Waals surface area (Å²) in [5.74, 6) is -1.83. The Hall–Kier alpha value is -2.28. The maximum atomic E-state index is 13.1. The lowest BCUT2D eigenvalue weighted by Gasteiger charge is -2.05. The average Bonchev–Trinajstić information content (AvgIpc) is 2.42. The Morgan fingerprint density at radius 2 is 1.90 bits per heavy atom. The number of nitrogens with one attached hydrogen (secondary N) is 1. The largest absolute Gasteiger partial charge is 0.478 e. The summed E-state index contributed by atoms with van der Waals surface area (Å²) < 4.78 is 13.2. The number of nitrogens with zero attached hydrogens (tertiary/aromatic N) is 1. The number of hydrogen-bond donors (Lipinski definition) is 2. The van der Waals surface area contributed by atoms with Crippen molar-refractivity contribution in [1.82, 2.24) is 4.98 Å². The fourth-order valence-corrected chi connectivity index (χ4v) is 1.80. The van der Waals surface area contributed by atoms with E-state index in [-0.39, 0.29) is 21.4 Å². The minimum absolute atomic E-state index is 0.0209. The lowest BCUT2D eigenvalue weighted by Crippen LogP contribution is -2.13. The van der Waals surface area contributed by atoms with Crippen LogP contribution in [-0.2, 0) is 0 Å². The zero-order chi connectivity index (χ0) is 14.7. The van der Waals surface area contributed by atoms with Gasteiger partial charge in [0.1, 0.15) is 11.6 Å². The van der Waals surface area contributed by atoms with Crippen LogP contribution < -0.4 is 5.32 Å². The van der Waals surface area contributed by atoms with Gasteiger partial charge in [0.15, 0.2) is 0 Å². The number of rotatable bonds is 3. The van der Waals surface area contributed by atoms with Crippen molar-refractivity contribution in [3.63, 3.8) is 0 Å². The Morgan fingerprint density at radius 3 is 2.45 bits per heavy atom. The summed E-state index contributed by atoms with van der Waals surface area (Å²) in [5, 5.41) is 11.2. The van der Waals surface area contributed by atoms with E-state index in [9.17, 15) is 14.0 Å². The molecule has 0 bridgehead atoms. The maximum absolute atomic E-state index is 13.1. The van der Waals surface area contributed by atoms with Crippen molar-refractivity contribution in [2.45, 2.75) is 0 Å². The standard InChI is InChI=1S/C13H8BrFN2O3/c14-9-5-7(1-3-10(9)15)12(18)17-11-4-2-8(6-16-11)13(19)20/h1-6H,(H,19,20)(H,16,17,18). The first-order chi connectivity index (χ1) is 9.47. The van der Waals surface area contributed by atoms with Gasteiger partial charge in [-0.25, -0.2) is 14.2 Å². The topological polar surface area (TPSA) is 79.3 Å². The first-order valence-corrected chi connectivity index (χ1v) is 6.22. The SMILES string of the molecule is O=C(O)c1ccc(NC(=O)c2ccc(F)c(Br)c2)nc1. The molecule has 2 aromatic rings. The highest BCUT2D eigenvalue weighted by molar-refractivity contribution is 9.10. The number of pyridine rings is 1. The van der Waals surface area contributed by atoms with E-state index in [1.54, 1.807) is 0 Å². The smallest absolute Gasteiger partial charge is 0.337 e. The Bertz CT molecular complexity index is 674. The lowest BCUT2D eigenvalue weighted by molar-refractivity contribution is 0.0696. The molecular weight excluding hydrogens is 331 g/mol. The molecule has 0 fully saturated rings. The number of benzene rings is 1. The monoisotopic (exact) mass is 338 g/mol. The van der Waals surface area contributed by atoms with Gasteiger partial charge in [0.05, 0.1) is 10.0 Å². The minimum atomic E-state index is -1.10. The highest BCUT2D eigenvalue weighted by atomic mass is 79.9. The number of carboxylic acid groups (broad SMARTS) is 1. The summed E-state index contributed by atoms with van der Waals surface area (Å²) >= 11 is 2.99. The quantitative estimate of drug-likeness (QED) is 0.901. The van der Waals surface area contributed by atoms with Gasteiger partial charge >= 0.3 is 5.97 Å². The molecule has 0 atom stereocenters. The number of anilines is 1. The van der Waals surface area contributed by atoms with Crippen LogP contribution in [0.5, 0.6) is 0 Å². The fourth-order valence-electron chi connectivity index (χ4n) is 1.42. The number of aromatic carboxylic acids is 1. The predicted octanol–water partition coefficient (Wildman–Crippen LogP) is 2.93. The van der Waals surface area contributed by atoms with Gasteiger partial charge < -0.3 is 10.4 Å². The van der Waals surface area contributed by atoms with Crippen molar-refractivity contribution in [2.24, 2.45) is 0 Å². The first-order valence-electron chi connectivity index (χ1n) is 5.43.